The van der Waals surface area contributed by atoms with Crippen molar-refractivity contribution in [2.24, 2.45) is 0 Å². The minimum Gasteiger partial charge on any atom is -0.488 e. The molecule has 0 bridgehead atoms. The third kappa shape index (κ3) is 4.98. The van der Waals surface area contributed by atoms with Gasteiger partial charge in [0.25, 0.3) is 0 Å². The molecule has 0 saturated carbocycles. The van der Waals surface area contributed by atoms with Crippen molar-refractivity contribution in [3.05, 3.63) is 46.4 Å². The fraction of sp³-hybridized carbons (Fsp3) is 0.357. The van der Waals surface area contributed by atoms with Crippen LogP contribution >= 0.6 is 11.3 Å². The van der Waals surface area contributed by atoms with E-state index >= 15 is 0 Å². The van der Waals surface area contributed by atoms with Crippen molar-refractivity contribution in [1.82, 2.24) is 10.3 Å². The number of aromatic nitrogens is 1. The fourth-order valence-corrected chi connectivity index (χ4v) is 2.13. The highest BCUT2D eigenvalue weighted by Gasteiger charge is 1.99. The van der Waals surface area contributed by atoms with Gasteiger partial charge in [-0.05, 0) is 17.7 Å². The average molecular weight is 278 g/mol. The maximum absolute atomic E-state index is 5.74. The number of hydrogen-bond acceptors (Lipinski definition) is 5. The highest BCUT2D eigenvalue weighted by atomic mass is 32.1. The zero-order valence-corrected chi connectivity index (χ0v) is 11.8. The molecule has 0 amide bonds. The Morgan fingerprint density at radius 3 is 3.11 bits per heavy atom. The Balaban J connectivity index is 1.81. The number of nitrogens with zero attached hydrogens (tertiary/aromatic N) is 1. The summed E-state index contributed by atoms with van der Waals surface area (Å²) in [4.78, 5) is 5.16. The van der Waals surface area contributed by atoms with Crippen LogP contribution in [0.2, 0.25) is 0 Å². The minimum absolute atomic E-state index is 0.575. The summed E-state index contributed by atoms with van der Waals surface area (Å²) in [5, 5.41) is 3.31. The van der Waals surface area contributed by atoms with Gasteiger partial charge in [0.15, 0.2) is 0 Å². The van der Waals surface area contributed by atoms with Crippen LogP contribution in [0.4, 0.5) is 0 Å². The molecule has 0 aliphatic rings. The third-order valence-corrected chi connectivity index (χ3v) is 3.33. The van der Waals surface area contributed by atoms with Crippen molar-refractivity contribution >= 4 is 11.3 Å². The first-order valence-electron chi connectivity index (χ1n) is 6.17. The molecular weight excluding hydrogens is 260 g/mol. The van der Waals surface area contributed by atoms with Gasteiger partial charge in [0.05, 0.1) is 17.0 Å². The molecule has 1 heterocycles. The van der Waals surface area contributed by atoms with Crippen molar-refractivity contribution in [2.75, 3.05) is 20.3 Å². The van der Waals surface area contributed by atoms with Gasteiger partial charge in [-0.2, -0.15) is 0 Å². The maximum Gasteiger partial charge on any atom is 0.124 e. The summed E-state index contributed by atoms with van der Waals surface area (Å²) in [5.74, 6) is 0.888. The Bertz CT molecular complexity index is 474. The monoisotopic (exact) mass is 278 g/mol. The summed E-state index contributed by atoms with van der Waals surface area (Å²) in [7, 11) is 1.70. The molecule has 2 aromatic rings. The first-order chi connectivity index (χ1) is 9.38. The number of ether oxygens (including phenoxy) is 2. The van der Waals surface area contributed by atoms with Gasteiger partial charge in [-0.3, -0.25) is 4.98 Å². The smallest absolute Gasteiger partial charge is 0.124 e. The summed E-state index contributed by atoms with van der Waals surface area (Å²) in [6.45, 7) is 2.97. The van der Waals surface area contributed by atoms with E-state index in [9.17, 15) is 0 Å². The summed E-state index contributed by atoms with van der Waals surface area (Å²) in [5.41, 5.74) is 3.02. The van der Waals surface area contributed by atoms with Crippen molar-refractivity contribution in [2.45, 2.75) is 13.2 Å². The van der Waals surface area contributed by atoms with Crippen molar-refractivity contribution in [3.63, 3.8) is 0 Å². The van der Waals surface area contributed by atoms with Gasteiger partial charge in [-0.15, -0.1) is 11.3 Å². The van der Waals surface area contributed by atoms with Crippen LogP contribution in [0.25, 0.3) is 0 Å². The van der Waals surface area contributed by atoms with Crippen LogP contribution in [-0.4, -0.2) is 25.2 Å². The molecule has 1 aromatic carbocycles. The van der Waals surface area contributed by atoms with Gasteiger partial charge < -0.3 is 14.8 Å². The van der Waals surface area contributed by atoms with Gasteiger partial charge in [-0.25, -0.2) is 0 Å². The van der Waals surface area contributed by atoms with E-state index in [1.165, 1.54) is 5.56 Å². The van der Waals surface area contributed by atoms with Crippen LogP contribution in [0.1, 0.15) is 10.4 Å². The maximum atomic E-state index is 5.74. The highest BCUT2D eigenvalue weighted by molar-refractivity contribution is 7.09. The molecule has 0 aliphatic carbocycles. The molecule has 1 aromatic heterocycles. The number of hydrogen-bond donors (Lipinski definition) is 1. The normalized spacial score (nSPS) is 10.6. The molecule has 2 rings (SSSR count). The quantitative estimate of drug-likeness (QED) is 0.753. The molecule has 0 unspecified atom stereocenters. The molecule has 1 N–H and O–H groups in total. The zero-order valence-electron chi connectivity index (χ0n) is 11.0. The van der Waals surface area contributed by atoms with E-state index in [4.69, 9.17) is 9.47 Å². The van der Waals surface area contributed by atoms with Crippen molar-refractivity contribution < 1.29 is 9.47 Å². The van der Waals surface area contributed by atoms with Gasteiger partial charge in [-0.1, -0.05) is 12.1 Å². The molecule has 102 valence electrons. The Morgan fingerprint density at radius 2 is 2.32 bits per heavy atom. The van der Waals surface area contributed by atoms with E-state index in [1.807, 2.05) is 23.8 Å². The van der Waals surface area contributed by atoms with Crippen LogP contribution in [0.5, 0.6) is 5.75 Å². The first kappa shape index (κ1) is 14.0. The molecule has 4 nitrogen and oxygen atoms in total. The second kappa shape index (κ2) is 7.89. The second-order valence-electron chi connectivity index (χ2n) is 4.07. The van der Waals surface area contributed by atoms with E-state index < -0.39 is 0 Å². The Labute approximate surface area is 117 Å². The largest absolute Gasteiger partial charge is 0.488 e. The van der Waals surface area contributed by atoms with Gasteiger partial charge in [0.2, 0.25) is 0 Å². The second-order valence-corrected chi connectivity index (χ2v) is 5.04. The highest BCUT2D eigenvalue weighted by Crippen LogP contribution is 2.16. The number of nitrogens with one attached hydrogen (secondary N) is 1. The van der Waals surface area contributed by atoms with E-state index in [0.29, 0.717) is 6.61 Å². The molecule has 0 fully saturated rings. The van der Waals surface area contributed by atoms with Crippen molar-refractivity contribution in [1.29, 1.82) is 0 Å². The minimum atomic E-state index is 0.575. The summed E-state index contributed by atoms with van der Waals surface area (Å²) >= 11 is 1.60. The molecule has 0 atom stereocenters. The predicted octanol–water partition coefficient (Wildman–Crippen LogP) is 2.46. The lowest BCUT2D eigenvalue weighted by atomic mass is 10.2. The van der Waals surface area contributed by atoms with E-state index in [1.54, 1.807) is 18.4 Å². The van der Waals surface area contributed by atoms with Crippen molar-refractivity contribution in [3.8, 4) is 5.75 Å². The van der Waals surface area contributed by atoms with Crippen LogP contribution < -0.4 is 10.1 Å². The fourth-order valence-electron chi connectivity index (χ4n) is 1.62. The lowest BCUT2D eigenvalue weighted by Gasteiger charge is -2.08. The SMILES string of the molecule is COCCNCc1cccc(OCc2cncs2)c1. The van der Waals surface area contributed by atoms with E-state index in [-0.39, 0.29) is 0 Å². The van der Waals surface area contributed by atoms with Crippen LogP contribution in [0, 0.1) is 0 Å². The summed E-state index contributed by atoms with van der Waals surface area (Å²) in [6.07, 6.45) is 1.83. The Morgan fingerprint density at radius 1 is 1.37 bits per heavy atom. The number of rotatable bonds is 8. The first-order valence-corrected chi connectivity index (χ1v) is 7.05. The molecule has 0 radical (unpaired) electrons. The predicted molar refractivity (Wildman–Crippen MR) is 76.5 cm³/mol. The standard InChI is InChI=1S/C14H18N2O2S/c1-17-6-5-15-8-12-3-2-4-13(7-12)18-10-14-9-16-11-19-14/h2-4,7,9,11,15H,5-6,8,10H2,1H3. The molecule has 0 aliphatic heterocycles. The van der Waals surface area contributed by atoms with Crippen LogP contribution in [0.3, 0.4) is 0 Å². The van der Waals surface area contributed by atoms with Gasteiger partial charge in [0, 0.05) is 26.4 Å². The molecule has 5 heteroatoms. The zero-order chi connectivity index (χ0) is 13.3. The number of benzene rings is 1. The average Bonchev–Trinajstić information content (AvgIpc) is 2.95. The lowest BCUT2D eigenvalue weighted by Crippen LogP contribution is -2.18. The summed E-state index contributed by atoms with van der Waals surface area (Å²) < 4.78 is 10.7. The molecule has 0 saturated heterocycles. The Hall–Kier alpha value is -1.43. The van der Waals surface area contributed by atoms with E-state index in [2.05, 4.69) is 22.4 Å². The topological polar surface area (TPSA) is 43.4 Å². The summed E-state index contributed by atoms with van der Waals surface area (Å²) in [6, 6.07) is 8.12. The molecule has 19 heavy (non-hydrogen) atoms. The van der Waals surface area contributed by atoms with Gasteiger partial charge >= 0.3 is 0 Å². The Kier molecular flexibility index (Phi) is 5.81. The number of thiazole rings is 1. The molecular formula is C14H18N2O2S. The van der Waals surface area contributed by atoms with E-state index in [0.717, 1.165) is 30.3 Å². The lowest BCUT2D eigenvalue weighted by molar-refractivity contribution is 0.199. The van der Waals surface area contributed by atoms with Crippen LogP contribution in [0.15, 0.2) is 36.0 Å². The third-order valence-electron chi connectivity index (χ3n) is 2.58. The number of methoxy groups -OCH3 is 1. The van der Waals surface area contributed by atoms with Gasteiger partial charge in [0.1, 0.15) is 12.4 Å². The molecule has 0 spiro atoms. The van der Waals surface area contributed by atoms with Crippen LogP contribution in [-0.2, 0) is 17.9 Å².